The third kappa shape index (κ3) is 1.17. The number of amides is 2. The standard InChI is InChI=1S/C9H16N2O/c1-10-9(12)11-5-8(6-11)7-3-2-4-7/h7-8H,2-6H2,1H3,(H,10,12). The van der Waals surface area contributed by atoms with E-state index in [0.29, 0.717) is 0 Å². The first-order valence-corrected chi connectivity index (χ1v) is 4.78. The van der Waals surface area contributed by atoms with Crippen molar-refractivity contribution >= 4 is 6.03 Å². The van der Waals surface area contributed by atoms with Crippen molar-refractivity contribution in [3.05, 3.63) is 0 Å². The van der Waals surface area contributed by atoms with Crippen LogP contribution in [0.2, 0.25) is 0 Å². The van der Waals surface area contributed by atoms with Crippen LogP contribution in [0.1, 0.15) is 19.3 Å². The van der Waals surface area contributed by atoms with Crippen molar-refractivity contribution in [3.63, 3.8) is 0 Å². The number of hydrogen-bond donors (Lipinski definition) is 1. The number of nitrogens with zero attached hydrogens (tertiary/aromatic N) is 1. The van der Waals surface area contributed by atoms with Crippen molar-refractivity contribution in [2.75, 3.05) is 20.1 Å². The largest absolute Gasteiger partial charge is 0.341 e. The molecule has 0 aromatic carbocycles. The van der Waals surface area contributed by atoms with E-state index in [1.54, 1.807) is 7.05 Å². The monoisotopic (exact) mass is 168 g/mol. The Morgan fingerprint density at radius 3 is 2.42 bits per heavy atom. The van der Waals surface area contributed by atoms with Crippen LogP contribution in [0.15, 0.2) is 0 Å². The number of nitrogens with one attached hydrogen (secondary N) is 1. The van der Waals surface area contributed by atoms with Crippen LogP contribution in [0.4, 0.5) is 4.79 Å². The van der Waals surface area contributed by atoms with Gasteiger partial charge in [0.15, 0.2) is 0 Å². The van der Waals surface area contributed by atoms with Crippen molar-refractivity contribution in [3.8, 4) is 0 Å². The van der Waals surface area contributed by atoms with E-state index in [9.17, 15) is 4.79 Å². The Bertz CT molecular complexity index is 183. The Labute approximate surface area is 73.1 Å². The van der Waals surface area contributed by atoms with Crippen LogP contribution in [0.3, 0.4) is 0 Å². The van der Waals surface area contributed by atoms with Gasteiger partial charge in [-0.15, -0.1) is 0 Å². The van der Waals surface area contributed by atoms with Crippen molar-refractivity contribution in [2.24, 2.45) is 11.8 Å². The molecule has 0 spiro atoms. The van der Waals surface area contributed by atoms with Crippen LogP contribution < -0.4 is 5.32 Å². The molecule has 0 atom stereocenters. The van der Waals surface area contributed by atoms with Crippen LogP contribution in [-0.2, 0) is 0 Å². The highest BCUT2D eigenvalue weighted by Crippen LogP contribution is 2.37. The van der Waals surface area contributed by atoms with Gasteiger partial charge in [-0.1, -0.05) is 19.3 Å². The van der Waals surface area contributed by atoms with E-state index in [0.717, 1.165) is 24.9 Å². The Morgan fingerprint density at radius 2 is 2.00 bits per heavy atom. The zero-order valence-electron chi connectivity index (χ0n) is 7.55. The molecule has 0 radical (unpaired) electrons. The summed E-state index contributed by atoms with van der Waals surface area (Å²) in [6.07, 6.45) is 4.19. The quantitative estimate of drug-likeness (QED) is 0.623. The van der Waals surface area contributed by atoms with E-state index in [4.69, 9.17) is 0 Å². The van der Waals surface area contributed by atoms with Gasteiger partial charge in [0.2, 0.25) is 0 Å². The minimum atomic E-state index is 0.0885. The molecule has 2 fully saturated rings. The molecule has 2 aliphatic rings. The summed E-state index contributed by atoms with van der Waals surface area (Å²) in [7, 11) is 1.69. The Balaban J connectivity index is 1.72. The second kappa shape index (κ2) is 2.96. The van der Waals surface area contributed by atoms with E-state index in [1.807, 2.05) is 4.90 Å². The average Bonchev–Trinajstić information content (AvgIpc) is 1.90. The van der Waals surface area contributed by atoms with Crippen LogP contribution in [0.5, 0.6) is 0 Å². The van der Waals surface area contributed by atoms with Gasteiger partial charge in [0.25, 0.3) is 0 Å². The summed E-state index contributed by atoms with van der Waals surface area (Å²) in [6.45, 7) is 1.98. The fraction of sp³-hybridized carbons (Fsp3) is 0.889. The smallest absolute Gasteiger partial charge is 0.317 e. The van der Waals surface area contributed by atoms with Gasteiger partial charge < -0.3 is 10.2 Å². The fourth-order valence-electron chi connectivity index (χ4n) is 2.05. The van der Waals surface area contributed by atoms with Crippen molar-refractivity contribution in [1.29, 1.82) is 0 Å². The normalized spacial score (nSPS) is 24.6. The second-order valence-electron chi connectivity index (χ2n) is 3.91. The van der Waals surface area contributed by atoms with Gasteiger partial charge in [-0.25, -0.2) is 4.79 Å². The molecular formula is C9H16N2O. The lowest BCUT2D eigenvalue weighted by atomic mass is 9.73. The molecule has 0 unspecified atom stereocenters. The van der Waals surface area contributed by atoms with E-state index >= 15 is 0 Å². The molecule has 1 aliphatic carbocycles. The van der Waals surface area contributed by atoms with E-state index in [-0.39, 0.29) is 6.03 Å². The number of urea groups is 1. The second-order valence-corrected chi connectivity index (χ2v) is 3.91. The number of carbonyl (C=O) groups is 1. The topological polar surface area (TPSA) is 32.3 Å². The zero-order chi connectivity index (χ0) is 8.55. The molecule has 12 heavy (non-hydrogen) atoms. The minimum absolute atomic E-state index is 0.0885. The van der Waals surface area contributed by atoms with E-state index < -0.39 is 0 Å². The summed E-state index contributed by atoms with van der Waals surface area (Å²) in [5.41, 5.74) is 0. The molecule has 3 nitrogen and oxygen atoms in total. The first-order valence-electron chi connectivity index (χ1n) is 4.78. The third-order valence-electron chi connectivity index (χ3n) is 3.23. The van der Waals surface area contributed by atoms with Crippen LogP contribution in [-0.4, -0.2) is 31.1 Å². The molecule has 3 heteroatoms. The van der Waals surface area contributed by atoms with Gasteiger partial charge in [-0.05, 0) is 11.8 Å². The highest BCUT2D eigenvalue weighted by atomic mass is 16.2. The number of hydrogen-bond acceptors (Lipinski definition) is 1. The molecule has 1 saturated heterocycles. The lowest BCUT2D eigenvalue weighted by Crippen LogP contribution is -2.56. The molecule has 0 aromatic rings. The van der Waals surface area contributed by atoms with Gasteiger partial charge in [0.05, 0.1) is 0 Å². The molecule has 0 bridgehead atoms. The summed E-state index contributed by atoms with van der Waals surface area (Å²) in [4.78, 5) is 13.0. The number of likely N-dealkylation sites (tertiary alicyclic amines) is 1. The van der Waals surface area contributed by atoms with Crippen LogP contribution in [0, 0.1) is 11.8 Å². The highest BCUT2D eigenvalue weighted by molar-refractivity contribution is 5.74. The summed E-state index contributed by atoms with van der Waals surface area (Å²) < 4.78 is 0. The molecule has 1 N–H and O–H groups in total. The van der Waals surface area contributed by atoms with Crippen molar-refractivity contribution < 1.29 is 4.79 Å². The molecule has 0 aromatic heterocycles. The highest BCUT2D eigenvalue weighted by Gasteiger charge is 2.37. The first kappa shape index (κ1) is 7.90. The summed E-state index contributed by atoms with van der Waals surface area (Å²) in [5, 5.41) is 2.65. The SMILES string of the molecule is CNC(=O)N1CC(C2CCC2)C1. The fourth-order valence-corrected chi connectivity index (χ4v) is 2.05. The maximum Gasteiger partial charge on any atom is 0.317 e. The van der Waals surface area contributed by atoms with Gasteiger partial charge >= 0.3 is 6.03 Å². The average molecular weight is 168 g/mol. The van der Waals surface area contributed by atoms with Crippen molar-refractivity contribution in [2.45, 2.75) is 19.3 Å². The van der Waals surface area contributed by atoms with E-state index in [1.165, 1.54) is 19.3 Å². The molecule has 1 aliphatic heterocycles. The molecular weight excluding hydrogens is 152 g/mol. The summed E-state index contributed by atoms with van der Waals surface area (Å²) in [6, 6.07) is 0.0885. The minimum Gasteiger partial charge on any atom is -0.341 e. The van der Waals surface area contributed by atoms with Gasteiger partial charge in [0.1, 0.15) is 0 Å². The molecule has 68 valence electrons. The predicted molar refractivity (Wildman–Crippen MR) is 46.9 cm³/mol. The van der Waals surface area contributed by atoms with Crippen LogP contribution in [0.25, 0.3) is 0 Å². The number of rotatable bonds is 1. The van der Waals surface area contributed by atoms with E-state index in [2.05, 4.69) is 5.32 Å². The molecule has 1 saturated carbocycles. The maximum atomic E-state index is 11.1. The lowest BCUT2D eigenvalue weighted by molar-refractivity contribution is 0.0525. The zero-order valence-corrected chi connectivity index (χ0v) is 7.55. The Morgan fingerprint density at radius 1 is 1.33 bits per heavy atom. The van der Waals surface area contributed by atoms with Gasteiger partial charge in [-0.3, -0.25) is 0 Å². The molecule has 2 amide bonds. The lowest BCUT2D eigenvalue weighted by Gasteiger charge is -2.46. The summed E-state index contributed by atoms with van der Waals surface area (Å²) in [5.74, 6) is 1.75. The van der Waals surface area contributed by atoms with Crippen molar-refractivity contribution in [1.82, 2.24) is 10.2 Å². The van der Waals surface area contributed by atoms with Crippen LogP contribution >= 0.6 is 0 Å². The summed E-state index contributed by atoms with van der Waals surface area (Å²) >= 11 is 0. The molecule has 1 heterocycles. The first-order chi connectivity index (χ1) is 5.81. The third-order valence-corrected chi connectivity index (χ3v) is 3.23. The Kier molecular flexibility index (Phi) is 1.95. The molecule has 2 rings (SSSR count). The number of carbonyl (C=O) groups excluding carboxylic acids is 1. The maximum absolute atomic E-state index is 11.1. The Hall–Kier alpha value is -0.730. The van der Waals surface area contributed by atoms with Gasteiger partial charge in [-0.2, -0.15) is 0 Å². The predicted octanol–water partition coefficient (Wildman–Crippen LogP) is 1.06. The van der Waals surface area contributed by atoms with Gasteiger partial charge in [0, 0.05) is 20.1 Å².